The van der Waals surface area contributed by atoms with Crippen LogP contribution in [0.25, 0.3) is 0 Å². The van der Waals surface area contributed by atoms with Gasteiger partial charge in [0.25, 0.3) is 0 Å². The molecule has 1 aliphatic heterocycles. The number of phosphoric ester groups is 1. The summed E-state index contributed by atoms with van der Waals surface area (Å²) < 4.78 is 38.5. The summed E-state index contributed by atoms with van der Waals surface area (Å²) in [5, 5.41) is 40.0. The number of rotatable bonds is 44. The Morgan fingerprint density at radius 1 is 0.697 bits per heavy atom. The summed E-state index contributed by atoms with van der Waals surface area (Å²) >= 11 is 0. The van der Waals surface area contributed by atoms with E-state index in [9.17, 15) is 39.2 Å². The Labute approximate surface area is 397 Å². The second-order valence-corrected chi connectivity index (χ2v) is 19.6. The molecule has 0 amide bonds. The fourth-order valence-electron chi connectivity index (χ4n) is 7.87. The summed E-state index contributed by atoms with van der Waals surface area (Å²) in [6.45, 7) is 2.46. The van der Waals surface area contributed by atoms with Gasteiger partial charge in [-0.15, -0.1) is 0 Å². The molecular formula is C50H92NO14P. The minimum Gasteiger partial charge on any atom is -0.480 e. The van der Waals surface area contributed by atoms with Crippen LogP contribution in [0.3, 0.4) is 0 Å². The summed E-state index contributed by atoms with van der Waals surface area (Å²) in [6, 6.07) is -1.57. The van der Waals surface area contributed by atoms with Gasteiger partial charge >= 0.3 is 25.7 Å². The van der Waals surface area contributed by atoms with Gasteiger partial charge in [-0.3, -0.25) is 23.4 Å². The van der Waals surface area contributed by atoms with Crippen LogP contribution in [0.1, 0.15) is 213 Å². The predicted octanol–water partition coefficient (Wildman–Crippen LogP) is 10.3. The van der Waals surface area contributed by atoms with Crippen LogP contribution in [0.2, 0.25) is 0 Å². The first-order chi connectivity index (χ1) is 31.8. The smallest absolute Gasteiger partial charge is 0.472 e. The Kier molecular flexibility index (Phi) is 38.1. The predicted molar refractivity (Wildman–Crippen MR) is 257 cm³/mol. The minimum absolute atomic E-state index is 0.0301. The van der Waals surface area contributed by atoms with Crippen molar-refractivity contribution in [1.29, 1.82) is 0 Å². The SMILES string of the molecule is CCCCCCCCCCCCCCCCCCCCCCCC(=O)OC[C@H](COP(=O)(O)OC[C@H](N)C(=O)O)OC(=O)CCC/C=C\C[C@H]1[C@@H](O)CC(O)O[C@@H]1/C=C/[C@@H](O)CCCCC. The zero-order valence-corrected chi connectivity index (χ0v) is 41.7. The van der Waals surface area contributed by atoms with E-state index in [-0.39, 0.29) is 25.2 Å². The van der Waals surface area contributed by atoms with E-state index in [1.807, 2.05) is 12.2 Å². The van der Waals surface area contributed by atoms with Gasteiger partial charge in [-0.25, -0.2) is 4.57 Å². The fourth-order valence-corrected chi connectivity index (χ4v) is 8.65. The molecule has 66 heavy (non-hydrogen) atoms. The van der Waals surface area contributed by atoms with Crippen LogP contribution < -0.4 is 5.73 Å². The topological polar surface area (TPSA) is 242 Å². The molecule has 0 aromatic carbocycles. The van der Waals surface area contributed by atoms with E-state index in [4.69, 9.17) is 29.6 Å². The molecule has 0 radical (unpaired) electrons. The van der Waals surface area contributed by atoms with Crippen LogP contribution >= 0.6 is 7.82 Å². The number of carboxylic acid groups (broad SMARTS) is 1. The number of carboxylic acids is 1. The second kappa shape index (κ2) is 40.7. The molecule has 7 N–H and O–H groups in total. The van der Waals surface area contributed by atoms with E-state index < -0.39 is 82.3 Å². The zero-order chi connectivity index (χ0) is 48.7. The summed E-state index contributed by atoms with van der Waals surface area (Å²) in [5.74, 6) is -2.95. The van der Waals surface area contributed by atoms with Gasteiger partial charge in [0.05, 0.1) is 31.5 Å². The van der Waals surface area contributed by atoms with Gasteiger partial charge in [-0.2, -0.15) is 0 Å². The molecule has 1 fully saturated rings. The highest BCUT2D eigenvalue weighted by Gasteiger charge is 2.35. The zero-order valence-electron chi connectivity index (χ0n) is 40.8. The first-order valence-corrected chi connectivity index (χ1v) is 27.3. The number of hydrogen-bond acceptors (Lipinski definition) is 13. The summed E-state index contributed by atoms with van der Waals surface area (Å²) in [5.41, 5.74) is 5.35. The fraction of sp³-hybridized carbons (Fsp3) is 0.860. The Bertz CT molecular complexity index is 1330. The van der Waals surface area contributed by atoms with Gasteiger partial charge in [0.1, 0.15) is 12.6 Å². The molecule has 1 rings (SSSR count). The highest BCUT2D eigenvalue weighted by atomic mass is 31.2. The van der Waals surface area contributed by atoms with Gasteiger partial charge in [0, 0.05) is 25.2 Å². The number of unbranched alkanes of at least 4 members (excludes halogenated alkanes) is 23. The Morgan fingerprint density at radius 3 is 1.74 bits per heavy atom. The standard InChI is InChI=1S/C50H92NO14P/c1-3-5-7-8-9-10-11-12-13-14-15-16-17-18-19-20-21-22-23-24-29-33-47(54)61-38-42(39-62-66(59,60)63-40-44(51)50(57)58)64-48(55)34-30-26-25-28-32-43-45(53)37-49(56)65-46(43)36-35-41(52)31-27-6-4-2/h25,28,35-36,41-46,49,52-53,56H,3-24,26-27,29-34,37-40,51H2,1-2H3,(H,57,58)(H,59,60)/b28-25-,36-35+/t41-,42+,43-,44-,45-,46+,49?/m0/s1. The first kappa shape index (κ1) is 61.8. The molecule has 0 aromatic heterocycles. The van der Waals surface area contributed by atoms with E-state index in [2.05, 4.69) is 18.4 Å². The van der Waals surface area contributed by atoms with E-state index in [0.717, 1.165) is 38.5 Å². The van der Waals surface area contributed by atoms with E-state index >= 15 is 0 Å². The summed E-state index contributed by atoms with van der Waals surface area (Å²) in [7, 11) is -4.80. The highest BCUT2D eigenvalue weighted by Crippen LogP contribution is 2.43. The van der Waals surface area contributed by atoms with E-state index in [0.29, 0.717) is 32.1 Å². The molecule has 386 valence electrons. The van der Waals surface area contributed by atoms with Crippen molar-refractivity contribution in [3.63, 3.8) is 0 Å². The van der Waals surface area contributed by atoms with Crippen molar-refractivity contribution in [2.45, 2.75) is 250 Å². The average Bonchev–Trinajstić information content (AvgIpc) is 3.28. The van der Waals surface area contributed by atoms with Crippen LogP contribution in [-0.4, -0.2) is 99.8 Å². The van der Waals surface area contributed by atoms with Gasteiger partial charge in [-0.1, -0.05) is 186 Å². The molecule has 16 heteroatoms. The normalized spacial score (nSPS) is 20.0. The lowest BCUT2D eigenvalue weighted by molar-refractivity contribution is -0.199. The lowest BCUT2D eigenvalue weighted by atomic mass is 9.87. The minimum atomic E-state index is -4.80. The quantitative estimate of drug-likeness (QED) is 0.0144. The first-order valence-electron chi connectivity index (χ1n) is 25.8. The number of hydrogen-bond donors (Lipinski definition) is 6. The second-order valence-electron chi connectivity index (χ2n) is 18.2. The number of carbonyl (C=O) groups is 3. The molecule has 1 aliphatic rings. The number of aliphatic hydroxyl groups excluding tert-OH is 3. The highest BCUT2D eigenvalue weighted by molar-refractivity contribution is 7.47. The number of esters is 2. The van der Waals surface area contributed by atoms with Crippen LogP contribution in [0.5, 0.6) is 0 Å². The third kappa shape index (κ3) is 35.0. The van der Waals surface area contributed by atoms with Crippen molar-refractivity contribution in [3.8, 4) is 0 Å². The molecule has 0 aliphatic carbocycles. The third-order valence-corrected chi connectivity index (χ3v) is 12.9. The van der Waals surface area contributed by atoms with Crippen molar-refractivity contribution in [3.05, 3.63) is 24.3 Å². The molecule has 1 saturated heterocycles. The lowest BCUT2D eigenvalue weighted by Crippen LogP contribution is -2.43. The Morgan fingerprint density at radius 2 is 1.20 bits per heavy atom. The third-order valence-electron chi connectivity index (χ3n) is 12.0. The maximum atomic E-state index is 12.8. The van der Waals surface area contributed by atoms with Crippen LogP contribution in [-0.2, 0) is 42.2 Å². The van der Waals surface area contributed by atoms with Crippen molar-refractivity contribution in [2.24, 2.45) is 11.7 Å². The van der Waals surface area contributed by atoms with Crippen molar-refractivity contribution in [1.82, 2.24) is 0 Å². The molecule has 0 spiro atoms. The number of aliphatic hydroxyl groups is 3. The number of phosphoric acid groups is 1. The number of carbonyl (C=O) groups excluding carboxylic acids is 2. The number of aliphatic carboxylic acids is 1. The molecule has 15 nitrogen and oxygen atoms in total. The molecule has 0 aromatic rings. The number of nitrogens with two attached hydrogens (primary N) is 1. The number of ether oxygens (including phenoxy) is 3. The molecule has 0 bridgehead atoms. The van der Waals surface area contributed by atoms with Crippen LogP contribution in [0, 0.1) is 5.92 Å². The van der Waals surface area contributed by atoms with Gasteiger partial charge in [0.15, 0.2) is 12.4 Å². The van der Waals surface area contributed by atoms with Gasteiger partial charge < -0.3 is 45.3 Å². The van der Waals surface area contributed by atoms with Gasteiger partial charge in [-0.05, 0) is 32.1 Å². The van der Waals surface area contributed by atoms with Crippen LogP contribution in [0.15, 0.2) is 24.3 Å². The molecule has 8 atom stereocenters. The molecular weight excluding hydrogens is 870 g/mol. The molecule has 2 unspecified atom stereocenters. The molecule has 1 heterocycles. The maximum Gasteiger partial charge on any atom is 0.472 e. The summed E-state index contributed by atoms with van der Waals surface area (Å²) in [4.78, 5) is 46.4. The number of allylic oxidation sites excluding steroid dienone is 2. The van der Waals surface area contributed by atoms with Crippen molar-refractivity contribution < 1.29 is 67.5 Å². The Hall–Kier alpha value is -2.20. The Balaban J connectivity index is 2.41. The van der Waals surface area contributed by atoms with Gasteiger partial charge in [0.2, 0.25) is 0 Å². The van der Waals surface area contributed by atoms with E-state index in [1.54, 1.807) is 12.2 Å². The lowest BCUT2D eigenvalue weighted by Gasteiger charge is -2.36. The molecule has 0 saturated carbocycles. The average molecular weight is 962 g/mol. The largest absolute Gasteiger partial charge is 0.480 e. The van der Waals surface area contributed by atoms with E-state index in [1.165, 1.54) is 109 Å². The van der Waals surface area contributed by atoms with Crippen molar-refractivity contribution >= 4 is 25.7 Å². The van der Waals surface area contributed by atoms with Crippen molar-refractivity contribution in [2.75, 3.05) is 19.8 Å². The van der Waals surface area contributed by atoms with Crippen LogP contribution in [0.4, 0.5) is 0 Å². The monoisotopic (exact) mass is 962 g/mol. The maximum absolute atomic E-state index is 12.8. The summed E-state index contributed by atoms with van der Waals surface area (Å²) in [6.07, 6.45) is 34.3.